The van der Waals surface area contributed by atoms with E-state index < -0.39 is 11.7 Å². The van der Waals surface area contributed by atoms with E-state index in [-0.39, 0.29) is 24.3 Å². The minimum absolute atomic E-state index is 0.0351. The maximum absolute atomic E-state index is 12.4. The van der Waals surface area contributed by atoms with Crippen LogP contribution >= 0.6 is 0 Å². The van der Waals surface area contributed by atoms with Crippen molar-refractivity contribution < 1.29 is 23.1 Å². The van der Waals surface area contributed by atoms with Crippen molar-refractivity contribution in [2.24, 2.45) is 5.41 Å². The Kier molecular flexibility index (Phi) is 5.78. The normalized spacial score (nSPS) is 12.3. The zero-order valence-corrected chi connectivity index (χ0v) is 12.1. The van der Waals surface area contributed by atoms with Gasteiger partial charge in [0.1, 0.15) is 0 Å². The first kappa shape index (κ1) is 17.5. The second-order valence-corrected chi connectivity index (χ2v) is 5.79. The van der Waals surface area contributed by atoms with E-state index in [0.717, 1.165) is 12.1 Å². The van der Waals surface area contributed by atoms with Crippen molar-refractivity contribution in [2.75, 3.05) is 13.2 Å². The molecular formula is C15H20F3NO2. The molecule has 0 bridgehead atoms. The van der Waals surface area contributed by atoms with Crippen molar-refractivity contribution in [2.45, 2.75) is 32.9 Å². The molecule has 1 rings (SSSR count). The van der Waals surface area contributed by atoms with E-state index in [4.69, 9.17) is 5.11 Å². The smallest absolute Gasteiger partial charge is 0.396 e. The third kappa shape index (κ3) is 6.16. The van der Waals surface area contributed by atoms with E-state index in [1.165, 1.54) is 12.1 Å². The van der Waals surface area contributed by atoms with E-state index in [0.29, 0.717) is 18.5 Å². The number of amides is 1. The number of nitrogens with one attached hydrogen (secondary N) is 1. The second-order valence-electron chi connectivity index (χ2n) is 5.79. The van der Waals surface area contributed by atoms with Gasteiger partial charge in [-0.2, -0.15) is 13.2 Å². The number of carbonyl (C=O) groups is 1. The summed E-state index contributed by atoms with van der Waals surface area (Å²) in [6, 6.07) is 4.55. The fourth-order valence-corrected chi connectivity index (χ4v) is 1.79. The van der Waals surface area contributed by atoms with Gasteiger partial charge in [0.2, 0.25) is 5.91 Å². The van der Waals surface area contributed by atoms with Crippen LogP contribution in [0.25, 0.3) is 0 Å². The lowest BCUT2D eigenvalue weighted by molar-refractivity contribution is -0.137. The molecule has 0 fully saturated rings. The van der Waals surface area contributed by atoms with E-state index in [1.54, 1.807) is 0 Å². The number of rotatable bonds is 6. The Labute approximate surface area is 122 Å². The minimum atomic E-state index is -4.37. The van der Waals surface area contributed by atoms with Gasteiger partial charge in [-0.25, -0.2) is 0 Å². The third-order valence-corrected chi connectivity index (χ3v) is 3.20. The molecule has 1 aromatic rings. The van der Waals surface area contributed by atoms with Crippen LogP contribution in [-0.2, 0) is 17.4 Å². The predicted octanol–water partition coefficient (Wildman–Crippen LogP) is 2.77. The number of benzene rings is 1. The van der Waals surface area contributed by atoms with Gasteiger partial charge in [0, 0.05) is 13.2 Å². The zero-order valence-electron chi connectivity index (χ0n) is 12.1. The molecule has 0 aliphatic rings. The number of aliphatic hydroxyl groups is 1. The fourth-order valence-electron chi connectivity index (χ4n) is 1.79. The zero-order chi connectivity index (χ0) is 16.1. The lowest BCUT2D eigenvalue weighted by atomic mass is 9.89. The number of carbonyl (C=O) groups excluding carboxylic acids is 1. The minimum Gasteiger partial charge on any atom is -0.396 e. The highest BCUT2D eigenvalue weighted by atomic mass is 19.4. The molecule has 0 saturated heterocycles. The molecule has 0 spiro atoms. The summed E-state index contributed by atoms with van der Waals surface area (Å²) in [5, 5.41) is 11.6. The fraction of sp³-hybridized carbons (Fsp3) is 0.533. The average molecular weight is 303 g/mol. The van der Waals surface area contributed by atoms with Gasteiger partial charge in [-0.15, -0.1) is 0 Å². The van der Waals surface area contributed by atoms with Crippen LogP contribution in [-0.4, -0.2) is 24.2 Å². The summed E-state index contributed by atoms with van der Waals surface area (Å²) in [7, 11) is 0. The molecule has 0 saturated carbocycles. The molecule has 2 N–H and O–H groups in total. The number of hydrogen-bond donors (Lipinski definition) is 2. The second kappa shape index (κ2) is 6.93. The first-order valence-electron chi connectivity index (χ1n) is 6.68. The summed E-state index contributed by atoms with van der Waals surface area (Å²) in [5.41, 5.74) is -0.416. The quantitative estimate of drug-likeness (QED) is 0.849. The van der Waals surface area contributed by atoms with Crippen molar-refractivity contribution in [3.8, 4) is 0 Å². The lowest BCUT2D eigenvalue weighted by Crippen LogP contribution is -2.35. The first-order valence-corrected chi connectivity index (χ1v) is 6.68. The van der Waals surface area contributed by atoms with Crippen molar-refractivity contribution in [1.82, 2.24) is 5.32 Å². The molecule has 3 nitrogen and oxygen atoms in total. The van der Waals surface area contributed by atoms with Crippen LogP contribution in [0.1, 0.15) is 31.4 Å². The molecular weight excluding hydrogens is 283 g/mol. The highest BCUT2D eigenvalue weighted by molar-refractivity contribution is 5.78. The van der Waals surface area contributed by atoms with Gasteiger partial charge in [0.25, 0.3) is 0 Å². The Hall–Kier alpha value is -1.56. The number of aliphatic hydroxyl groups excluding tert-OH is 1. The molecule has 0 aliphatic carbocycles. The van der Waals surface area contributed by atoms with Gasteiger partial charge < -0.3 is 10.4 Å². The van der Waals surface area contributed by atoms with Crippen molar-refractivity contribution in [1.29, 1.82) is 0 Å². The summed E-state index contributed by atoms with van der Waals surface area (Å²) in [5.74, 6) is -0.249. The molecule has 6 heteroatoms. The summed E-state index contributed by atoms with van der Waals surface area (Å²) in [6.45, 7) is 4.29. The van der Waals surface area contributed by atoms with Gasteiger partial charge in [0.15, 0.2) is 0 Å². The van der Waals surface area contributed by atoms with E-state index in [1.807, 2.05) is 13.8 Å². The number of halogens is 3. The molecule has 118 valence electrons. The van der Waals surface area contributed by atoms with Crippen LogP contribution in [0.3, 0.4) is 0 Å². The van der Waals surface area contributed by atoms with Gasteiger partial charge in [-0.05, 0) is 29.5 Å². The highest BCUT2D eigenvalue weighted by Crippen LogP contribution is 2.29. The van der Waals surface area contributed by atoms with Crippen LogP contribution in [0.5, 0.6) is 0 Å². The van der Waals surface area contributed by atoms with Gasteiger partial charge in [-0.3, -0.25) is 4.79 Å². The van der Waals surface area contributed by atoms with Crippen LogP contribution in [0.4, 0.5) is 13.2 Å². The summed E-state index contributed by atoms with van der Waals surface area (Å²) in [4.78, 5) is 11.7. The Morgan fingerprint density at radius 3 is 2.24 bits per heavy atom. The molecule has 0 aromatic heterocycles. The third-order valence-electron chi connectivity index (χ3n) is 3.20. The maximum Gasteiger partial charge on any atom is 0.416 e. The number of hydrogen-bond acceptors (Lipinski definition) is 2. The Bertz CT molecular complexity index is 467. The van der Waals surface area contributed by atoms with Gasteiger partial charge in [-0.1, -0.05) is 26.0 Å². The van der Waals surface area contributed by atoms with Crippen LogP contribution < -0.4 is 5.32 Å². The number of alkyl halides is 3. The van der Waals surface area contributed by atoms with Crippen molar-refractivity contribution in [3.63, 3.8) is 0 Å². The molecule has 1 amide bonds. The monoisotopic (exact) mass is 303 g/mol. The first-order chi connectivity index (χ1) is 9.64. The molecule has 0 radical (unpaired) electrons. The SMILES string of the molecule is CC(C)(CCO)CNC(=O)Cc1ccc(C(F)(F)F)cc1. The van der Waals surface area contributed by atoms with E-state index in [9.17, 15) is 18.0 Å². The largest absolute Gasteiger partial charge is 0.416 e. The van der Waals surface area contributed by atoms with Crippen LogP contribution in [0.2, 0.25) is 0 Å². The molecule has 1 aromatic carbocycles. The van der Waals surface area contributed by atoms with Crippen molar-refractivity contribution in [3.05, 3.63) is 35.4 Å². The summed E-state index contributed by atoms with van der Waals surface area (Å²) >= 11 is 0. The highest BCUT2D eigenvalue weighted by Gasteiger charge is 2.30. The topological polar surface area (TPSA) is 49.3 Å². The molecule has 0 aliphatic heterocycles. The average Bonchev–Trinajstić information content (AvgIpc) is 2.36. The summed E-state index contributed by atoms with van der Waals surface area (Å²) in [6.07, 6.45) is -3.77. The van der Waals surface area contributed by atoms with Crippen LogP contribution in [0.15, 0.2) is 24.3 Å². The summed E-state index contributed by atoms with van der Waals surface area (Å²) < 4.78 is 37.2. The Morgan fingerprint density at radius 2 is 1.76 bits per heavy atom. The molecule has 21 heavy (non-hydrogen) atoms. The molecule has 0 unspecified atom stereocenters. The van der Waals surface area contributed by atoms with Gasteiger partial charge in [0.05, 0.1) is 12.0 Å². The van der Waals surface area contributed by atoms with Crippen molar-refractivity contribution >= 4 is 5.91 Å². The Balaban J connectivity index is 2.52. The van der Waals surface area contributed by atoms with Gasteiger partial charge >= 0.3 is 6.18 Å². The maximum atomic E-state index is 12.4. The molecule has 0 heterocycles. The Morgan fingerprint density at radius 1 is 1.19 bits per heavy atom. The lowest BCUT2D eigenvalue weighted by Gasteiger charge is -2.23. The van der Waals surface area contributed by atoms with E-state index >= 15 is 0 Å². The predicted molar refractivity (Wildman–Crippen MR) is 73.6 cm³/mol. The standard InChI is InChI=1S/C15H20F3NO2/c1-14(2,7-8-20)10-19-13(21)9-11-3-5-12(6-4-11)15(16,17)18/h3-6,20H,7-10H2,1-2H3,(H,19,21). The molecule has 0 atom stereocenters. The van der Waals surface area contributed by atoms with Crippen LogP contribution in [0, 0.1) is 5.41 Å². The van der Waals surface area contributed by atoms with E-state index in [2.05, 4.69) is 5.32 Å².